The lowest BCUT2D eigenvalue weighted by molar-refractivity contribution is -0.114. The Morgan fingerprint density at radius 1 is 1.11 bits per heavy atom. The predicted molar refractivity (Wildman–Crippen MR) is 70.0 cm³/mol. The number of nitrogens with one attached hydrogen (secondary N) is 1. The summed E-state index contributed by atoms with van der Waals surface area (Å²) in [5.41, 5.74) is 0. The zero-order valence-electron chi connectivity index (χ0n) is 9.67. The molecule has 1 amide bonds. The first kappa shape index (κ1) is 12.3. The molecule has 0 spiro atoms. The summed E-state index contributed by atoms with van der Waals surface area (Å²) in [5.74, 6) is -0.0976. The number of thiophene rings is 1. The molecule has 5 heteroatoms. The van der Waals surface area contributed by atoms with Crippen LogP contribution in [0.3, 0.4) is 0 Å². The van der Waals surface area contributed by atoms with Crippen LogP contribution < -0.4 is 10.1 Å². The maximum absolute atomic E-state index is 11.8. The Kier molecular flexibility index (Phi) is 3.74. The largest absolute Gasteiger partial charge is 0.422 e. The lowest BCUT2D eigenvalue weighted by Crippen LogP contribution is -2.06. The van der Waals surface area contributed by atoms with Gasteiger partial charge in [0.25, 0.3) is 0 Å². The standard InChI is InChI=1S/C13H11NO3S/c1-9(15)14-12-8-7-11(18-12)13(16)17-10-5-3-2-4-6-10/h2-8H,1H3,(H,14,15). The highest BCUT2D eigenvalue weighted by Gasteiger charge is 2.12. The summed E-state index contributed by atoms with van der Waals surface area (Å²) in [4.78, 5) is 23.1. The van der Waals surface area contributed by atoms with E-state index < -0.39 is 5.97 Å². The highest BCUT2D eigenvalue weighted by atomic mass is 32.1. The van der Waals surface area contributed by atoms with Crippen LogP contribution in [0.4, 0.5) is 5.00 Å². The van der Waals surface area contributed by atoms with E-state index in [2.05, 4.69) is 5.32 Å². The lowest BCUT2D eigenvalue weighted by Gasteiger charge is -2.01. The van der Waals surface area contributed by atoms with Gasteiger partial charge in [-0.3, -0.25) is 4.79 Å². The van der Waals surface area contributed by atoms with Gasteiger partial charge in [0.15, 0.2) is 0 Å². The van der Waals surface area contributed by atoms with Crippen LogP contribution in [0.2, 0.25) is 0 Å². The number of ether oxygens (including phenoxy) is 1. The minimum atomic E-state index is -0.428. The van der Waals surface area contributed by atoms with Gasteiger partial charge in [-0.1, -0.05) is 18.2 Å². The summed E-state index contributed by atoms with van der Waals surface area (Å²) >= 11 is 1.18. The molecule has 92 valence electrons. The number of esters is 1. The van der Waals surface area contributed by atoms with Crippen molar-refractivity contribution in [3.8, 4) is 5.75 Å². The molecule has 0 aliphatic rings. The van der Waals surface area contributed by atoms with Crippen LogP contribution in [0.15, 0.2) is 42.5 Å². The molecule has 0 fully saturated rings. The van der Waals surface area contributed by atoms with Crippen LogP contribution in [0.1, 0.15) is 16.6 Å². The number of para-hydroxylation sites is 1. The molecule has 0 saturated carbocycles. The van der Waals surface area contributed by atoms with Crippen LogP contribution >= 0.6 is 11.3 Å². The average molecular weight is 261 g/mol. The molecule has 1 aromatic carbocycles. The van der Waals surface area contributed by atoms with Gasteiger partial charge in [0.2, 0.25) is 5.91 Å². The molecule has 18 heavy (non-hydrogen) atoms. The number of amides is 1. The van der Waals surface area contributed by atoms with Crippen molar-refractivity contribution in [1.82, 2.24) is 0 Å². The Bertz CT molecular complexity index is 563. The van der Waals surface area contributed by atoms with Crippen molar-refractivity contribution >= 4 is 28.2 Å². The van der Waals surface area contributed by atoms with E-state index in [4.69, 9.17) is 4.74 Å². The molecule has 1 aromatic heterocycles. The molecule has 0 bridgehead atoms. The second-order valence-electron chi connectivity index (χ2n) is 3.55. The van der Waals surface area contributed by atoms with Crippen molar-refractivity contribution in [2.45, 2.75) is 6.92 Å². The van der Waals surface area contributed by atoms with Gasteiger partial charge in [0.1, 0.15) is 10.6 Å². The Hall–Kier alpha value is -2.14. The number of hydrogen-bond acceptors (Lipinski definition) is 4. The summed E-state index contributed by atoms with van der Waals surface area (Å²) in [7, 11) is 0. The second-order valence-corrected chi connectivity index (χ2v) is 4.63. The SMILES string of the molecule is CC(=O)Nc1ccc(C(=O)Oc2ccccc2)s1. The second kappa shape index (κ2) is 5.46. The first-order valence-electron chi connectivity index (χ1n) is 5.30. The third-order valence-electron chi connectivity index (χ3n) is 2.06. The van der Waals surface area contributed by atoms with Crippen molar-refractivity contribution < 1.29 is 14.3 Å². The van der Waals surface area contributed by atoms with Gasteiger partial charge in [-0.15, -0.1) is 11.3 Å². The van der Waals surface area contributed by atoms with Crippen LogP contribution in [0, 0.1) is 0 Å². The zero-order chi connectivity index (χ0) is 13.0. The lowest BCUT2D eigenvalue weighted by atomic mass is 10.3. The summed E-state index contributed by atoms with van der Waals surface area (Å²) < 4.78 is 5.18. The number of rotatable bonds is 3. The Morgan fingerprint density at radius 2 is 1.83 bits per heavy atom. The van der Waals surface area contributed by atoms with Crippen LogP contribution in [-0.4, -0.2) is 11.9 Å². The Balaban J connectivity index is 2.05. The van der Waals surface area contributed by atoms with Crippen molar-refractivity contribution in [2.24, 2.45) is 0 Å². The Morgan fingerprint density at radius 3 is 2.50 bits per heavy atom. The van der Waals surface area contributed by atoms with E-state index in [0.717, 1.165) is 0 Å². The molecule has 1 N–H and O–H groups in total. The van der Waals surface area contributed by atoms with Crippen LogP contribution in [0.25, 0.3) is 0 Å². The fraction of sp³-hybridized carbons (Fsp3) is 0.0769. The first-order chi connectivity index (χ1) is 8.65. The normalized spacial score (nSPS) is 9.83. The van der Waals surface area contributed by atoms with Gasteiger partial charge in [-0.2, -0.15) is 0 Å². The van der Waals surface area contributed by atoms with E-state index >= 15 is 0 Å². The minimum absolute atomic E-state index is 0.167. The topological polar surface area (TPSA) is 55.4 Å². The quantitative estimate of drug-likeness (QED) is 0.682. The van der Waals surface area contributed by atoms with E-state index in [1.165, 1.54) is 18.3 Å². The fourth-order valence-electron chi connectivity index (χ4n) is 1.33. The molecule has 2 aromatic rings. The summed E-state index contributed by atoms with van der Waals surface area (Å²) in [6.07, 6.45) is 0. The molecule has 0 saturated heterocycles. The number of anilines is 1. The zero-order valence-corrected chi connectivity index (χ0v) is 10.5. The number of hydrogen-bond donors (Lipinski definition) is 1. The smallest absolute Gasteiger partial charge is 0.353 e. The average Bonchev–Trinajstić information content (AvgIpc) is 2.78. The molecular formula is C13H11NO3S. The van der Waals surface area contributed by atoms with E-state index in [1.807, 2.05) is 6.07 Å². The molecule has 2 rings (SSSR count). The molecule has 0 aliphatic carbocycles. The van der Waals surface area contributed by atoms with Crippen LogP contribution in [-0.2, 0) is 4.79 Å². The third kappa shape index (κ3) is 3.18. The molecule has 1 heterocycles. The van der Waals surface area contributed by atoms with E-state index in [-0.39, 0.29) is 5.91 Å². The Labute approximate surface area is 108 Å². The van der Waals surface area contributed by atoms with E-state index in [0.29, 0.717) is 15.6 Å². The number of carbonyl (C=O) groups is 2. The van der Waals surface area contributed by atoms with Gasteiger partial charge in [-0.05, 0) is 24.3 Å². The molecule has 0 atom stereocenters. The molecule has 0 unspecified atom stereocenters. The van der Waals surface area contributed by atoms with E-state index in [9.17, 15) is 9.59 Å². The summed E-state index contributed by atoms with van der Waals surface area (Å²) in [6, 6.07) is 12.1. The highest BCUT2D eigenvalue weighted by molar-refractivity contribution is 7.18. The molecular weight excluding hydrogens is 250 g/mol. The number of benzene rings is 1. The molecule has 0 radical (unpaired) electrons. The highest BCUT2D eigenvalue weighted by Crippen LogP contribution is 2.23. The maximum atomic E-state index is 11.8. The summed E-state index contributed by atoms with van der Waals surface area (Å²) in [6.45, 7) is 1.42. The van der Waals surface area contributed by atoms with Crippen molar-refractivity contribution in [1.29, 1.82) is 0 Å². The monoisotopic (exact) mass is 261 g/mol. The first-order valence-corrected chi connectivity index (χ1v) is 6.11. The molecule has 4 nitrogen and oxygen atoms in total. The van der Waals surface area contributed by atoms with Gasteiger partial charge in [-0.25, -0.2) is 4.79 Å². The summed E-state index contributed by atoms with van der Waals surface area (Å²) in [5, 5.41) is 3.24. The predicted octanol–water partition coefficient (Wildman–Crippen LogP) is 2.93. The van der Waals surface area contributed by atoms with Gasteiger partial charge in [0.05, 0.1) is 5.00 Å². The van der Waals surface area contributed by atoms with Gasteiger partial charge < -0.3 is 10.1 Å². The van der Waals surface area contributed by atoms with Crippen LogP contribution in [0.5, 0.6) is 5.75 Å². The fourth-order valence-corrected chi connectivity index (χ4v) is 2.16. The minimum Gasteiger partial charge on any atom is -0.422 e. The molecule has 0 aliphatic heterocycles. The maximum Gasteiger partial charge on any atom is 0.353 e. The van der Waals surface area contributed by atoms with Gasteiger partial charge in [0, 0.05) is 6.92 Å². The van der Waals surface area contributed by atoms with Crippen molar-refractivity contribution in [3.63, 3.8) is 0 Å². The van der Waals surface area contributed by atoms with Gasteiger partial charge >= 0.3 is 5.97 Å². The third-order valence-corrected chi connectivity index (χ3v) is 3.04. The number of carbonyl (C=O) groups excluding carboxylic acids is 2. The van der Waals surface area contributed by atoms with Crippen molar-refractivity contribution in [3.05, 3.63) is 47.3 Å². The van der Waals surface area contributed by atoms with E-state index in [1.54, 1.807) is 36.4 Å². The van der Waals surface area contributed by atoms with Crippen molar-refractivity contribution in [2.75, 3.05) is 5.32 Å².